The number of azo groups is 1. The van der Waals surface area contributed by atoms with Crippen LogP contribution in [0.2, 0.25) is 0 Å². The Kier molecular flexibility index (Phi) is 6.71. The number of hydrogen-bond donors (Lipinski definition) is 1. The van der Waals surface area contributed by atoms with Gasteiger partial charge in [-0.25, -0.2) is 14.1 Å². The predicted molar refractivity (Wildman–Crippen MR) is 92.5 cm³/mol. The van der Waals surface area contributed by atoms with Gasteiger partial charge in [-0.1, -0.05) is 5.11 Å². The number of aryl methyl sites for hydroxylation is 3. The lowest BCUT2D eigenvalue weighted by molar-refractivity contribution is -0.657. The third-order valence-electron chi connectivity index (χ3n) is 3.75. The van der Waals surface area contributed by atoms with Crippen molar-refractivity contribution in [3.63, 3.8) is 0 Å². The molecule has 1 N–H and O–H groups in total. The molecule has 0 aliphatic rings. The molecule has 25 heavy (non-hydrogen) atoms. The molecule has 2 heterocycles. The molecule has 2 aromatic heterocycles. The van der Waals surface area contributed by atoms with Crippen LogP contribution in [0.5, 0.6) is 0 Å². The number of imidazole rings is 2. The van der Waals surface area contributed by atoms with Gasteiger partial charge in [0.25, 0.3) is 0 Å². The summed E-state index contributed by atoms with van der Waals surface area (Å²) in [6, 6.07) is 7.97. The second kappa shape index (κ2) is 8.98. The van der Waals surface area contributed by atoms with Gasteiger partial charge in [-0.15, -0.1) is 0 Å². The molecule has 7 nitrogen and oxygen atoms in total. The van der Waals surface area contributed by atoms with E-state index in [9.17, 15) is 0 Å². The topological polar surface area (TPSA) is 63.4 Å². The molecule has 3 rings (SSSR count). The van der Waals surface area contributed by atoms with Crippen molar-refractivity contribution in [3.8, 4) is 0 Å². The Hall–Kier alpha value is -2.67. The van der Waals surface area contributed by atoms with Gasteiger partial charge in [0, 0.05) is 36.3 Å². The minimum atomic E-state index is 0. The van der Waals surface area contributed by atoms with Crippen LogP contribution in [0.25, 0.3) is 0 Å². The largest absolute Gasteiger partial charge is 1.00 e. The summed E-state index contributed by atoms with van der Waals surface area (Å²) in [6.07, 6.45) is 10.6. The summed E-state index contributed by atoms with van der Waals surface area (Å²) < 4.78 is 5.94. The van der Waals surface area contributed by atoms with Gasteiger partial charge >= 0.3 is 5.95 Å². The average Bonchev–Trinajstić information content (AvgIpc) is 3.22. The van der Waals surface area contributed by atoms with Crippen molar-refractivity contribution >= 4 is 17.3 Å². The molecule has 8 heteroatoms. The zero-order valence-corrected chi connectivity index (χ0v) is 15.1. The van der Waals surface area contributed by atoms with Gasteiger partial charge in [0.05, 0.1) is 32.8 Å². The third-order valence-corrected chi connectivity index (χ3v) is 3.75. The summed E-state index contributed by atoms with van der Waals surface area (Å²) in [4.78, 5) is 4.04. The number of rotatable bonds is 7. The Morgan fingerprint density at radius 1 is 1.16 bits per heavy atom. The molecule has 3 aromatic rings. The first-order chi connectivity index (χ1) is 11.7. The third kappa shape index (κ3) is 5.15. The summed E-state index contributed by atoms with van der Waals surface area (Å²) in [5, 5.41) is 12.0. The van der Waals surface area contributed by atoms with Gasteiger partial charge in [0.1, 0.15) is 5.69 Å². The number of aromatic nitrogens is 4. The lowest BCUT2D eigenvalue weighted by Crippen LogP contribution is -3.00. The maximum absolute atomic E-state index is 4.29. The Labute approximate surface area is 153 Å². The monoisotopic (exact) mass is 359 g/mol. The summed E-state index contributed by atoms with van der Waals surface area (Å²) >= 11 is 0. The quantitative estimate of drug-likeness (QED) is 0.366. The Morgan fingerprint density at radius 3 is 2.60 bits per heavy atom. The van der Waals surface area contributed by atoms with Crippen LogP contribution in [0.4, 0.5) is 17.3 Å². The van der Waals surface area contributed by atoms with Gasteiger partial charge in [-0.05, 0) is 30.7 Å². The molecule has 0 spiro atoms. The highest BCUT2D eigenvalue weighted by atomic mass is 35.5. The molecule has 0 aliphatic heterocycles. The van der Waals surface area contributed by atoms with Crippen LogP contribution in [0.3, 0.4) is 0 Å². The Balaban J connectivity index is 0.00000225. The molecular weight excluding hydrogens is 338 g/mol. The fourth-order valence-electron chi connectivity index (χ4n) is 2.38. The minimum absolute atomic E-state index is 0. The van der Waals surface area contributed by atoms with Crippen molar-refractivity contribution in [2.75, 3.05) is 11.9 Å². The second-order valence-corrected chi connectivity index (χ2v) is 5.65. The number of nitrogens with zero attached hydrogens (tertiary/aromatic N) is 6. The molecule has 0 bridgehead atoms. The van der Waals surface area contributed by atoms with Crippen LogP contribution in [0, 0.1) is 0 Å². The number of hydrogen-bond acceptors (Lipinski definition) is 4. The zero-order valence-electron chi connectivity index (χ0n) is 14.4. The van der Waals surface area contributed by atoms with E-state index in [0.717, 1.165) is 36.8 Å². The van der Waals surface area contributed by atoms with Gasteiger partial charge in [-0.3, -0.25) is 0 Å². The van der Waals surface area contributed by atoms with Crippen LogP contribution in [-0.2, 0) is 20.6 Å². The number of nitrogens with one attached hydrogen (secondary N) is 1. The van der Waals surface area contributed by atoms with Crippen LogP contribution in [0.15, 0.2) is 65.6 Å². The molecule has 0 amide bonds. The van der Waals surface area contributed by atoms with E-state index in [-0.39, 0.29) is 12.4 Å². The van der Waals surface area contributed by atoms with Crippen molar-refractivity contribution < 1.29 is 17.0 Å². The highest BCUT2D eigenvalue weighted by Crippen LogP contribution is 2.18. The maximum atomic E-state index is 4.29. The van der Waals surface area contributed by atoms with E-state index in [2.05, 4.69) is 25.1 Å². The highest BCUT2D eigenvalue weighted by molar-refractivity contribution is 5.50. The molecule has 0 fully saturated rings. The van der Waals surface area contributed by atoms with Gasteiger partial charge in [0.2, 0.25) is 0 Å². The van der Waals surface area contributed by atoms with Crippen LogP contribution < -0.4 is 22.3 Å². The van der Waals surface area contributed by atoms with Crippen LogP contribution in [-0.4, -0.2) is 20.7 Å². The Morgan fingerprint density at radius 2 is 1.96 bits per heavy atom. The Bertz CT molecular complexity index is 772. The molecule has 0 saturated heterocycles. The van der Waals surface area contributed by atoms with E-state index in [1.165, 1.54) is 0 Å². The molecule has 0 atom stereocenters. The SMILES string of the molecule is Cn1cc[n+](C)c1/N=N/c1ccc(NCCCn2ccnc2)cc1.[Cl-]. The van der Waals surface area contributed by atoms with Crippen molar-refractivity contribution in [1.82, 2.24) is 14.1 Å². The van der Waals surface area contributed by atoms with E-state index >= 15 is 0 Å². The van der Waals surface area contributed by atoms with Crippen molar-refractivity contribution in [1.29, 1.82) is 0 Å². The van der Waals surface area contributed by atoms with Crippen molar-refractivity contribution in [2.45, 2.75) is 13.0 Å². The van der Waals surface area contributed by atoms with Crippen molar-refractivity contribution in [2.24, 2.45) is 24.3 Å². The van der Waals surface area contributed by atoms with E-state index in [0.29, 0.717) is 0 Å². The molecule has 132 valence electrons. The van der Waals surface area contributed by atoms with Crippen LogP contribution >= 0.6 is 0 Å². The number of halogens is 1. The molecule has 0 aliphatic carbocycles. The first-order valence-electron chi connectivity index (χ1n) is 7.95. The van der Waals surface area contributed by atoms with Gasteiger partial charge in [0.15, 0.2) is 0 Å². The smallest absolute Gasteiger partial charge is 0.421 e. The molecule has 0 saturated carbocycles. The number of benzene rings is 1. The average molecular weight is 360 g/mol. The molecule has 0 unspecified atom stereocenters. The fourth-order valence-corrected chi connectivity index (χ4v) is 2.38. The maximum Gasteiger partial charge on any atom is 0.421 e. The normalized spacial score (nSPS) is 10.8. The van der Waals surface area contributed by atoms with E-state index < -0.39 is 0 Å². The molecule has 1 aromatic carbocycles. The fraction of sp³-hybridized carbons (Fsp3) is 0.294. The minimum Gasteiger partial charge on any atom is -1.00 e. The van der Waals surface area contributed by atoms with Crippen LogP contribution in [0.1, 0.15) is 6.42 Å². The standard InChI is InChI=1S/C17H21N7.ClH/c1-22-12-13-23(2)17(22)21-20-16-6-4-15(5-7-16)19-8-3-10-24-11-9-18-14-24;/h4-7,9,11-14H,3,8,10H2,1-2H3;1H. The first-order valence-corrected chi connectivity index (χ1v) is 7.95. The molecular formula is C17H22ClN7. The zero-order chi connectivity index (χ0) is 16.8. The first kappa shape index (κ1) is 18.7. The van der Waals surface area contributed by atoms with E-state index in [1.807, 2.05) is 72.4 Å². The van der Waals surface area contributed by atoms with E-state index in [1.54, 1.807) is 6.20 Å². The second-order valence-electron chi connectivity index (χ2n) is 5.65. The summed E-state index contributed by atoms with van der Waals surface area (Å²) in [5.74, 6) is 0.803. The van der Waals surface area contributed by atoms with Gasteiger partial charge in [-0.2, -0.15) is 0 Å². The highest BCUT2D eigenvalue weighted by Gasteiger charge is 2.10. The molecule has 0 radical (unpaired) electrons. The van der Waals surface area contributed by atoms with E-state index in [4.69, 9.17) is 0 Å². The summed E-state index contributed by atoms with van der Waals surface area (Å²) in [6.45, 7) is 1.88. The van der Waals surface area contributed by atoms with Gasteiger partial charge < -0.3 is 22.3 Å². The summed E-state index contributed by atoms with van der Waals surface area (Å²) in [5.41, 5.74) is 1.92. The van der Waals surface area contributed by atoms with Crippen molar-refractivity contribution in [3.05, 3.63) is 55.4 Å². The number of anilines is 1. The predicted octanol–water partition coefficient (Wildman–Crippen LogP) is -0.0323. The summed E-state index contributed by atoms with van der Waals surface area (Å²) in [7, 11) is 3.90. The lowest BCUT2D eigenvalue weighted by Gasteiger charge is -2.06. The lowest BCUT2D eigenvalue weighted by atomic mass is 10.3.